The van der Waals surface area contributed by atoms with Gasteiger partial charge in [0.05, 0.1) is 6.54 Å². The Morgan fingerprint density at radius 3 is 2.52 bits per heavy atom. The second kappa shape index (κ2) is 8.68. The summed E-state index contributed by atoms with van der Waals surface area (Å²) in [6, 6.07) is 23.7. The van der Waals surface area contributed by atoms with Gasteiger partial charge in [-0.25, -0.2) is 4.39 Å². The van der Waals surface area contributed by atoms with Crippen molar-refractivity contribution in [3.8, 4) is 6.07 Å². The lowest BCUT2D eigenvalue weighted by atomic mass is 10.1. The molecule has 4 rings (SSSR count). The highest BCUT2D eigenvalue weighted by atomic mass is 19.1. The molecule has 0 saturated heterocycles. The number of carbonyl (C=O) groups is 1. The molecule has 3 aromatic carbocycles. The van der Waals surface area contributed by atoms with Gasteiger partial charge < -0.3 is 9.88 Å². The zero-order chi connectivity index (χ0) is 21.8. The third-order valence-corrected chi connectivity index (χ3v) is 5.09. The van der Waals surface area contributed by atoms with Crippen molar-refractivity contribution in [3.05, 3.63) is 107 Å². The van der Waals surface area contributed by atoms with Crippen LogP contribution < -0.4 is 5.32 Å². The molecule has 0 aliphatic rings. The number of benzene rings is 3. The van der Waals surface area contributed by atoms with Crippen molar-refractivity contribution in [2.45, 2.75) is 13.5 Å². The van der Waals surface area contributed by atoms with Crippen LogP contribution in [0.1, 0.15) is 16.7 Å². The number of nitrogens with zero attached hydrogens (tertiary/aromatic N) is 2. The average Bonchev–Trinajstić information content (AvgIpc) is 3.12. The number of hydrogen-bond donors (Lipinski definition) is 1. The van der Waals surface area contributed by atoms with Crippen LogP contribution in [0.15, 0.2) is 84.6 Å². The second-order valence-electron chi connectivity index (χ2n) is 7.31. The molecule has 0 saturated carbocycles. The maximum absolute atomic E-state index is 14.2. The van der Waals surface area contributed by atoms with E-state index in [0.717, 1.165) is 22.0 Å². The summed E-state index contributed by atoms with van der Waals surface area (Å²) in [5.41, 5.74) is 3.89. The summed E-state index contributed by atoms with van der Waals surface area (Å²) in [6.45, 7) is 2.31. The predicted molar refractivity (Wildman–Crippen MR) is 121 cm³/mol. The van der Waals surface area contributed by atoms with E-state index in [-0.39, 0.29) is 11.4 Å². The maximum atomic E-state index is 14.2. The summed E-state index contributed by atoms with van der Waals surface area (Å²) < 4.78 is 16.1. The summed E-state index contributed by atoms with van der Waals surface area (Å²) in [6.07, 6.45) is 3.41. The Labute approximate surface area is 179 Å². The van der Waals surface area contributed by atoms with Gasteiger partial charge in [0.15, 0.2) is 0 Å². The molecule has 1 heterocycles. The molecule has 4 aromatic rings. The Balaban J connectivity index is 1.68. The normalized spacial score (nSPS) is 11.3. The number of para-hydroxylation sites is 1. The molecule has 4 nitrogen and oxygen atoms in total. The minimum absolute atomic E-state index is 0.00521. The molecule has 152 valence electrons. The molecule has 1 aromatic heterocycles. The smallest absolute Gasteiger partial charge is 0.266 e. The highest BCUT2D eigenvalue weighted by molar-refractivity contribution is 6.10. The largest absolute Gasteiger partial charge is 0.342 e. The van der Waals surface area contributed by atoms with Gasteiger partial charge in [-0.1, -0.05) is 54.1 Å². The third kappa shape index (κ3) is 4.39. The average molecular weight is 409 g/mol. The fourth-order valence-electron chi connectivity index (χ4n) is 3.47. The first-order valence-corrected chi connectivity index (χ1v) is 9.86. The Hall–Kier alpha value is -4.17. The fraction of sp³-hybridized carbons (Fsp3) is 0.0769. The molecule has 0 unspecified atom stereocenters. The number of aryl methyl sites for hydroxylation is 1. The summed E-state index contributed by atoms with van der Waals surface area (Å²) in [5.74, 6) is -0.746. The Morgan fingerprint density at radius 2 is 1.77 bits per heavy atom. The highest BCUT2D eigenvalue weighted by Gasteiger charge is 2.13. The molecular formula is C26H20FN3O. The van der Waals surface area contributed by atoms with Crippen LogP contribution in [0.2, 0.25) is 0 Å². The standard InChI is InChI=1S/C26H20FN3O/c1-18-10-12-22(13-11-18)29-26(31)20(15-28)14-21-17-30(25-9-5-3-7-23(21)25)16-19-6-2-4-8-24(19)27/h2-14,17H,16H2,1H3,(H,29,31)/b20-14+. The lowest BCUT2D eigenvalue weighted by molar-refractivity contribution is -0.112. The van der Waals surface area contributed by atoms with Crippen LogP contribution in [0.3, 0.4) is 0 Å². The van der Waals surface area contributed by atoms with E-state index in [9.17, 15) is 14.4 Å². The van der Waals surface area contributed by atoms with E-state index in [2.05, 4.69) is 5.32 Å². The van der Waals surface area contributed by atoms with Crippen LogP contribution in [-0.2, 0) is 11.3 Å². The maximum Gasteiger partial charge on any atom is 0.266 e. The van der Waals surface area contributed by atoms with Crippen LogP contribution in [-0.4, -0.2) is 10.5 Å². The number of halogens is 1. The minimum Gasteiger partial charge on any atom is -0.342 e. The first-order chi connectivity index (χ1) is 15.0. The molecule has 5 heteroatoms. The van der Waals surface area contributed by atoms with Crippen LogP contribution in [0, 0.1) is 24.1 Å². The molecule has 0 spiro atoms. The summed E-state index contributed by atoms with van der Waals surface area (Å²) in [5, 5.41) is 13.2. The van der Waals surface area contributed by atoms with Gasteiger partial charge in [-0.15, -0.1) is 0 Å². The Kier molecular flexibility index (Phi) is 5.63. The number of nitrogens with one attached hydrogen (secondary N) is 1. The summed E-state index contributed by atoms with van der Waals surface area (Å²) >= 11 is 0. The van der Waals surface area contributed by atoms with Gasteiger partial charge in [-0.05, 0) is 37.3 Å². The Bertz CT molecular complexity index is 1330. The van der Waals surface area contributed by atoms with E-state index < -0.39 is 5.91 Å². The van der Waals surface area contributed by atoms with Crippen molar-refractivity contribution < 1.29 is 9.18 Å². The highest BCUT2D eigenvalue weighted by Crippen LogP contribution is 2.25. The molecule has 1 N–H and O–H groups in total. The number of carbonyl (C=O) groups excluding carboxylic acids is 1. The number of amides is 1. The number of rotatable bonds is 5. The number of aromatic nitrogens is 1. The summed E-state index contributed by atoms with van der Waals surface area (Å²) in [4.78, 5) is 12.7. The van der Waals surface area contributed by atoms with Gasteiger partial charge in [0.2, 0.25) is 0 Å². The fourth-order valence-corrected chi connectivity index (χ4v) is 3.47. The van der Waals surface area contributed by atoms with E-state index in [4.69, 9.17) is 0 Å². The molecule has 0 atom stereocenters. The lowest BCUT2D eigenvalue weighted by Gasteiger charge is -2.06. The van der Waals surface area contributed by atoms with Crippen LogP contribution >= 0.6 is 0 Å². The van der Waals surface area contributed by atoms with E-state index in [1.807, 2.05) is 60.2 Å². The van der Waals surface area contributed by atoms with E-state index in [1.165, 1.54) is 6.07 Å². The minimum atomic E-state index is -0.475. The zero-order valence-corrected chi connectivity index (χ0v) is 17.0. The molecule has 31 heavy (non-hydrogen) atoms. The number of hydrogen-bond acceptors (Lipinski definition) is 2. The first kappa shape index (κ1) is 20.1. The topological polar surface area (TPSA) is 57.8 Å². The van der Waals surface area contributed by atoms with Crippen molar-refractivity contribution in [1.29, 1.82) is 5.26 Å². The van der Waals surface area contributed by atoms with Crippen molar-refractivity contribution >= 4 is 28.6 Å². The van der Waals surface area contributed by atoms with Crippen molar-refractivity contribution in [1.82, 2.24) is 4.57 Å². The lowest BCUT2D eigenvalue weighted by Crippen LogP contribution is -2.13. The SMILES string of the molecule is Cc1ccc(NC(=O)/C(C#N)=C/c2cn(Cc3ccccc3F)c3ccccc23)cc1. The van der Waals surface area contributed by atoms with Crippen molar-refractivity contribution in [2.75, 3.05) is 5.32 Å². The predicted octanol–water partition coefficient (Wildman–Crippen LogP) is 5.68. The van der Waals surface area contributed by atoms with Gasteiger partial charge in [0, 0.05) is 33.9 Å². The van der Waals surface area contributed by atoms with Gasteiger partial charge in [-0.2, -0.15) is 5.26 Å². The van der Waals surface area contributed by atoms with Gasteiger partial charge in [-0.3, -0.25) is 4.79 Å². The van der Waals surface area contributed by atoms with Crippen molar-refractivity contribution in [2.24, 2.45) is 0 Å². The monoisotopic (exact) mass is 409 g/mol. The molecule has 0 fully saturated rings. The number of nitriles is 1. The van der Waals surface area contributed by atoms with E-state index in [0.29, 0.717) is 17.8 Å². The van der Waals surface area contributed by atoms with E-state index >= 15 is 0 Å². The van der Waals surface area contributed by atoms with E-state index in [1.54, 1.807) is 36.4 Å². The van der Waals surface area contributed by atoms with Gasteiger partial charge in [0.25, 0.3) is 5.91 Å². The molecule has 0 bridgehead atoms. The quantitative estimate of drug-likeness (QED) is 0.340. The van der Waals surface area contributed by atoms with Gasteiger partial charge >= 0.3 is 0 Å². The zero-order valence-electron chi connectivity index (χ0n) is 17.0. The molecule has 0 radical (unpaired) electrons. The Morgan fingerprint density at radius 1 is 1.06 bits per heavy atom. The van der Waals surface area contributed by atoms with Crippen LogP contribution in [0.25, 0.3) is 17.0 Å². The second-order valence-corrected chi connectivity index (χ2v) is 7.31. The van der Waals surface area contributed by atoms with Crippen molar-refractivity contribution in [3.63, 3.8) is 0 Å². The number of fused-ring (bicyclic) bond motifs is 1. The molecule has 0 aliphatic carbocycles. The first-order valence-electron chi connectivity index (χ1n) is 9.86. The molecule has 0 aliphatic heterocycles. The summed E-state index contributed by atoms with van der Waals surface area (Å²) in [7, 11) is 0. The van der Waals surface area contributed by atoms with Gasteiger partial charge in [0.1, 0.15) is 17.5 Å². The number of anilines is 1. The molecule has 1 amide bonds. The molecular weight excluding hydrogens is 389 g/mol. The third-order valence-electron chi connectivity index (χ3n) is 5.09. The van der Waals surface area contributed by atoms with Crippen LogP contribution in [0.5, 0.6) is 0 Å². The van der Waals surface area contributed by atoms with Crippen LogP contribution in [0.4, 0.5) is 10.1 Å².